The molecule has 0 atom stereocenters. The molecule has 4 rings (SSSR count). The van der Waals surface area contributed by atoms with Crippen molar-refractivity contribution in [1.82, 2.24) is 10.6 Å². The predicted octanol–water partition coefficient (Wildman–Crippen LogP) is 4.17. The standard InChI is InChI=1S/C22H20N2O2S/c27-22(23-14-16-11-12-19-20(13-16)26-15-25-19)24-21(17-7-3-1-4-8-17)18-9-5-2-6-10-18/h1-13,21H,14-15H2,(H2,23,24,27). The van der Waals surface area contributed by atoms with E-state index in [0.717, 1.165) is 28.2 Å². The molecule has 0 aliphatic carbocycles. The van der Waals surface area contributed by atoms with Crippen molar-refractivity contribution in [3.63, 3.8) is 0 Å². The normalized spacial score (nSPS) is 12.0. The largest absolute Gasteiger partial charge is 0.454 e. The number of fused-ring (bicyclic) bond motifs is 1. The van der Waals surface area contributed by atoms with E-state index in [1.807, 2.05) is 54.6 Å². The van der Waals surface area contributed by atoms with Gasteiger partial charge in [0.05, 0.1) is 6.04 Å². The molecule has 136 valence electrons. The Morgan fingerprint density at radius 3 is 2.15 bits per heavy atom. The molecule has 0 unspecified atom stereocenters. The van der Waals surface area contributed by atoms with Crippen LogP contribution in [0, 0.1) is 0 Å². The maximum Gasteiger partial charge on any atom is 0.231 e. The molecule has 0 bridgehead atoms. The van der Waals surface area contributed by atoms with Crippen LogP contribution in [0.15, 0.2) is 78.9 Å². The summed E-state index contributed by atoms with van der Waals surface area (Å²) in [5, 5.41) is 7.32. The predicted molar refractivity (Wildman–Crippen MR) is 110 cm³/mol. The zero-order valence-corrected chi connectivity index (χ0v) is 15.5. The second-order valence-corrected chi connectivity index (χ2v) is 6.68. The molecule has 1 aliphatic rings. The minimum Gasteiger partial charge on any atom is -0.454 e. The van der Waals surface area contributed by atoms with Gasteiger partial charge in [0.1, 0.15) is 0 Å². The maximum absolute atomic E-state index is 5.55. The van der Waals surface area contributed by atoms with E-state index in [-0.39, 0.29) is 12.8 Å². The number of thiocarbonyl (C=S) groups is 1. The van der Waals surface area contributed by atoms with Crippen molar-refractivity contribution in [1.29, 1.82) is 0 Å². The average Bonchev–Trinajstić information content (AvgIpc) is 3.20. The van der Waals surface area contributed by atoms with Crippen LogP contribution in [0.25, 0.3) is 0 Å². The average molecular weight is 376 g/mol. The molecule has 1 aliphatic heterocycles. The van der Waals surface area contributed by atoms with Crippen molar-refractivity contribution in [2.45, 2.75) is 12.6 Å². The Labute approximate surface area is 164 Å². The van der Waals surface area contributed by atoms with Gasteiger partial charge in [0, 0.05) is 6.54 Å². The SMILES string of the molecule is S=C(NCc1ccc2c(c1)OCO2)NC(c1ccccc1)c1ccccc1. The highest BCUT2D eigenvalue weighted by molar-refractivity contribution is 7.80. The summed E-state index contributed by atoms with van der Waals surface area (Å²) in [6.07, 6.45) is 0. The van der Waals surface area contributed by atoms with E-state index in [0.29, 0.717) is 11.7 Å². The first kappa shape index (κ1) is 17.4. The fourth-order valence-electron chi connectivity index (χ4n) is 3.07. The number of rotatable bonds is 5. The van der Waals surface area contributed by atoms with E-state index >= 15 is 0 Å². The second kappa shape index (κ2) is 8.10. The van der Waals surface area contributed by atoms with E-state index < -0.39 is 0 Å². The van der Waals surface area contributed by atoms with Crippen LogP contribution >= 0.6 is 12.2 Å². The number of hydrogen-bond acceptors (Lipinski definition) is 3. The zero-order valence-electron chi connectivity index (χ0n) is 14.7. The topological polar surface area (TPSA) is 42.5 Å². The monoisotopic (exact) mass is 376 g/mol. The quantitative estimate of drug-likeness (QED) is 0.654. The summed E-state index contributed by atoms with van der Waals surface area (Å²) in [6, 6.07) is 26.5. The van der Waals surface area contributed by atoms with Gasteiger partial charge in [-0.05, 0) is 41.0 Å². The van der Waals surface area contributed by atoms with Crippen LogP contribution in [0.5, 0.6) is 11.5 Å². The van der Waals surface area contributed by atoms with E-state index in [2.05, 4.69) is 34.9 Å². The van der Waals surface area contributed by atoms with Crippen molar-refractivity contribution in [3.8, 4) is 11.5 Å². The Morgan fingerprint density at radius 2 is 1.48 bits per heavy atom. The summed E-state index contributed by atoms with van der Waals surface area (Å²) < 4.78 is 10.8. The summed E-state index contributed by atoms with van der Waals surface area (Å²) in [5.41, 5.74) is 3.41. The van der Waals surface area contributed by atoms with E-state index in [1.165, 1.54) is 0 Å². The van der Waals surface area contributed by atoms with Crippen LogP contribution in [0.1, 0.15) is 22.7 Å². The molecule has 0 radical (unpaired) electrons. The molecule has 1 heterocycles. The number of hydrogen-bond donors (Lipinski definition) is 2. The minimum atomic E-state index is -0.0100. The van der Waals surface area contributed by atoms with Crippen LogP contribution < -0.4 is 20.1 Å². The van der Waals surface area contributed by atoms with Crippen molar-refractivity contribution in [3.05, 3.63) is 95.6 Å². The molecule has 3 aromatic rings. The summed E-state index contributed by atoms with van der Waals surface area (Å²) in [4.78, 5) is 0. The van der Waals surface area contributed by atoms with Gasteiger partial charge in [0.2, 0.25) is 6.79 Å². The molecule has 0 fully saturated rings. The molecule has 0 aromatic heterocycles. The Bertz CT molecular complexity index is 877. The fourth-order valence-corrected chi connectivity index (χ4v) is 3.26. The van der Waals surface area contributed by atoms with Crippen LogP contribution in [0.2, 0.25) is 0 Å². The van der Waals surface area contributed by atoms with Gasteiger partial charge >= 0.3 is 0 Å². The lowest BCUT2D eigenvalue weighted by Gasteiger charge is -2.22. The van der Waals surface area contributed by atoms with Gasteiger partial charge in [-0.1, -0.05) is 66.7 Å². The van der Waals surface area contributed by atoms with Crippen molar-refractivity contribution < 1.29 is 9.47 Å². The van der Waals surface area contributed by atoms with E-state index in [4.69, 9.17) is 21.7 Å². The molecule has 5 heteroatoms. The summed E-state index contributed by atoms with van der Waals surface area (Å²) in [5.74, 6) is 1.56. The third kappa shape index (κ3) is 4.20. The third-order valence-electron chi connectivity index (χ3n) is 4.43. The molecular formula is C22H20N2O2S. The molecule has 27 heavy (non-hydrogen) atoms. The molecule has 0 saturated carbocycles. The first-order chi connectivity index (χ1) is 13.3. The fraction of sp³-hybridized carbons (Fsp3) is 0.136. The Kier molecular flexibility index (Phi) is 5.21. The van der Waals surface area contributed by atoms with Gasteiger partial charge in [-0.15, -0.1) is 0 Å². The van der Waals surface area contributed by atoms with Gasteiger partial charge in [-0.2, -0.15) is 0 Å². The summed E-state index contributed by atoms with van der Waals surface area (Å²) >= 11 is 5.55. The molecule has 0 amide bonds. The highest BCUT2D eigenvalue weighted by Crippen LogP contribution is 2.32. The van der Waals surface area contributed by atoms with Gasteiger partial charge in [0.25, 0.3) is 0 Å². The third-order valence-corrected chi connectivity index (χ3v) is 4.69. The van der Waals surface area contributed by atoms with Gasteiger partial charge < -0.3 is 20.1 Å². The highest BCUT2D eigenvalue weighted by atomic mass is 32.1. The number of benzene rings is 3. The lowest BCUT2D eigenvalue weighted by Crippen LogP contribution is -2.37. The van der Waals surface area contributed by atoms with Crippen LogP contribution in [-0.4, -0.2) is 11.9 Å². The zero-order chi connectivity index (χ0) is 18.5. The van der Waals surface area contributed by atoms with Crippen molar-refractivity contribution in [2.24, 2.45) is 0 Å². The van der Waals surface area contributed by atoms with Crippen LogP contribution in [-0.2, 0) is 6.54 Å². The van der Waals surface area contributed by atoms with Gasteiger partial charge in [-0.3, -0.25) is 0 Å². The van der Waals surface area contributed by atoms with E-state index in [9.17, 15) is 0 Å². The Hall–Kier alpha value is -3.05. The van der Waals surface area contributed by atoms with Crippen LogP contribution in [0.3, 0.4) is 0 Å². The molecule has 4 nitrogen and oxygen atoms in total. The molecule has 2 N–H and O–H groups in total. The summed E-state index contributed by atoms with van der Waals surface area (Å²) in [6.45, 7) is 0.890. The van der Waals surface area contributed by atoms with Crippen LogP contribution in [0.4, 0.5) is 0 Å². The number of ether oxygens (including phenoxy) is 2. The Morgan fingerprint density at radius 1 is 0.852 bits per heavy atom. The lowest BCUT2D eigenvalue weighted by atomic mass is 9.99. The van der Waals surface area contributed by atoms with Crippen molar-refractivity contribution >= 4 is 17.3 Å². The van der Waals surface area contributed by atoms with Gasteiger partial charge in [-0.25, -0.2) is 0 Å². The first-order valence-corrected chi connectivity index (χ1v) is 9.23. The highest BCUT2D eigenvalue weighted by Gasteiger charge is 2.16. The smallest absolute Gasteiger partial charge is 0.231 e. The lowest BCUT2D eigenvalue weighted by molar-refractivity contribution is 0.174. The minimum absolute atomic E-state index is 0.0100. The molecule has 3 aromatic carbocycles. The summed E-state index contributed by atoms with van der Waals surface area (Å²) in [7, 11) is 0. The second-order valence-electron chi connectivity index (χ2n) is 6.27. The number of nitrogens with one attached hydrogen (secondary N) is 2. The first-order valence-electron chi connectivity index (χ1n) is 8.82. The molecule has 0 spiro atoms. The molecular weight excluding hydrogens is 356 g/mol. The maximum atomic E-state index is 5.55. The van der Waals surface area contributed by atoms with Crippen molar-refractivity contribution in [2.75, 3.05) is 6.79 Å². The van der Waals surface area contributed by atoms with Gasteiger partial charge in [0.15, 0.2) is 16.6 Å². The Balaban J connectivity index is 1.44. The molecule has 0 saturated heterocycles. The van der Waals surface area contributed by atoms with E-state index in [1.54, 1.807) is 0 Å².